The fourth-order valence-electron chi connectivity index (χ4n) is 1.15. The van der Waals surface area contributed by atoms with E-state index in [1.54, 1.807) is 18.2 Å². The third-order valence-electron chi connectivity index (χ3n) is 1.84. The summed E-state index contributed by atoms with van der Waals surface area (Å²) in [7, 11) is 0. The summed E-state index contributed by atoms with van der Waals surface area (Å²) in [4.78, 5) is 0. The Morgan fingerprint density at radius 2 is 2.22 bits per heavy atom. The van der Waals surface area contributed by atoms with Crippen LogP contribution in [0.15, 0.2) is 29.4 Å². The van der Waals surface area contributed by atoms with E-state index in [0.717, 1.165) is 0 Å². The number of hydrazone groups is 1. The van der Waals surface area contributed by atoms with Crippen molar-refractivity contribution in [2.75, 3.05) is 6.54 Å². The first kappa shape index (κ1) is 14.3. The topological polar surface area (TPSA) is 45.7 Å². The summed E-state index contributed by atoms with van der Waals surface area (Å²) < 4.78 is 28.6. The molecule has 0 spiro atoms. The molecule has 0 bridgehead atoms. The molecule has 0 fully saturated rings. The zero-order valence-electron chi connectivity index (χ0n) is 9.69. The van der Waals surface area contributed by atoms with Crippen LogP contribution in [0.1, 0.15) is 12.5 Å². The number of benzene rings is 1. The van der Waals surface area contributed by atoms with Crippen molar-refractivity contribution >= 4 is 23.5 Å². The van der Waals surface area contributed by atoms with Crippen LogP contribution in [0.4, 0.5) is 8.78 Å². The Balaban J connectivity index is 2.65. The number of para-hydroxylation sites is 1. The van der Waals surface area contributed by atoms with Gasteiger partial charge in [0.1, 0.15) is 5.75 Å². The lowest BCUT2D eigenvalue weighted by molar-refractivity contribution is -0.0499. The van der Waals surface area contributed by atoms with Crippen LogP contribution in [-0.2, 0) is 0 Å². The molecule has 0 amide bonds. The van der Waals surface area contributed by atoms with Crippen LogP contribution in [0.5, 0.6) is 5.75 Å². The van der Waals surface area contributed by atoms with Gasteiger partial charge in [-0.1, -0.05) is 12.1 Å². The molecule has 0 atom stereocenters. The van der Waals surface area contributed by atoms with E-state index in [-0.39, 0.29) is 5.75 Å². The third-order valence-corrected chi connectivity index (χ3v) is 2.08. The molecule has 0 saturated heterocycles. The average Bonchev–Trinajstić information content (AvgIpc) is 2.31. The highest BCUT2D eigenvalue weighted by atomic mass is 32.1. The van der Waals surface area contributed by atoms with Crippen LogP contribution >= 0.6 is 12.2 Å². The summed E-state index contributed by atoms with van der Waals surface area (Å²) in [6, 6.07) is 6.35. The molecule has 0 unspecified atom stereocenters. The van der Waals surface area contributed by atoms with Crippen molar-refractivity contribution < 1.29 is 13.5 Å². The number of rotatable bonds is 5. The highest BCUT2D eigenvalue weighted by Crippen LogP contribution is 2.18. The summed E-state index contributed by atoms with van der Waals surface area (Å²) in [5.74, 6) is 0.0624. The lowest BCUT2D eigenvalue weighted by Gasteiger charge is -2.07. The van der Waals surface area contributed by atoms with Gasteiger partial charge in [0.15, 0.2) is 5.11 Å². The Kier molecular flexibility index (Phi) is 5.99. The van der Waals surface area contributed by atoms with Crippen LogP contribution in [-0.4, -0.2) is 24.5 Å². The van der Waals surface area contributed by atoms with Gasteiger partial charge >= 0.3 is 6.61 Å². The summed E-state index contributed by atoms with van der Waals surface area (Å²) in [6.07, 6.45) is 1.36. The maximum absolute atomic E-state index is 12.1. The van der Waals surface area contributed by atoms with Gasteiger partial charge in [0.2, 0.25) is 0 Å². The molecule has 0 radical (unpaired) electrons. The second kappa shape index (κ2) is 7.54. The molecule has 98 valence electrons. The molecule has 4 nitrogen and oxygen atoms in total. The smallest absolute Gasteiger partial charge is 0.387 e. The Morgan fingerprint density at radius 1 is 1.50 bits per heavy atom. The second-order valence-electron chi connectivity index (χ2n) is 3.15. The molecule has 7 heteroatoms. The van der Waals surface area contributed by atoms with Gasteiger partial charge in [-0.25, -0.2) is 0 Å². The minimum atomic E-state index is -2.87. The summed E-state index contributed by atoms with van der Waals surface area (Å²) in [5.41, 5.74) is 2.99. The fraction of sp³-hybridized carbons (Fsp3) is 0.273. The number of hydrogen-bond acceptors (Lipinski definition) is 3. The SMILES string of the molecule is CCNC(=S)N/N=C\c1ccccc1OC(F)F. The molecule has 1 aromatic rings. The van der Waals surface area contributed by atoms with E-state index >= 15 is 0 Å². The molecule has 1 aromatic carbocycles. The molecule has 18 heavy (non-hydrogen) atoms. The number of halogens is 2. The van der Waals surface area contributed by atoms with E-state index in [0.29, 0.717) is 17.2 Å². The molecule has 2 N–H and O–H groups in total. The molecular formula is C11H13F2N3OS. The Bertz CT molecular complexity index is 427. The van der Waals surface area contributed by atoms with Gasteiger partial charge < -0.3 is 10.1 Å². The van der Waals surface area contributed by atoms with Crippen LogP contribution < -0.4 is 15.5 Å². The quantitative estimate of drug-likeness (QED) is 0.490. The highest BCUT2D eigenvalue weighted by Gasteiger charge is 2.07. The Hall–Kier alpha value is -1.76. The third kappa shape index (κ3) is 5.05. The number of nitrogens with zero attached hydrogens (tertiary/aromatic N) is 1. The largest absolute Gasteiger partial charge is 0.434 e. The molecule has 0 aliphatic rings. The number of alkyl halides is 2. The molecular weight excluding hydrogens is 260 g/mol. The maximum atomic E-state index is 12.1. The minimum absolute atomic E-state index is 0.0624. The Morgan fingerprint density at radius 3 is 2.89 bits per heavy atom. The molecule has 0 heterocycles. The van der Waals surface area contributed by atoms with Gasteiger partial charge in [-0.2, -0.15) is 13.9 Å². The molecule has 0 aromatic heterocycles. The van der Waals surface area contributed by atoms with Crippen LogP contribution in [0, 0.1) is 0 Å². The zero-order valence-corrected chi connectivity index (χ0v) is 10.5. The second-order valence-corrected chi connectivity index (χ2v) is 3.55. The summed E-state index contributed by atoms with van der Waals surface area (Å²) in [6.45, 7) is -0.300. The fourth-order valence-corrected chi connectivity index (χ4v) is 1.35. The van der Waals surface area contributed by atoms with Crippen LogP contribution in [0.3, 0.4) is 0 Å². The van der Waals surface area contributed by atoms with Crippen molar-refractivity contribution in [3.63, 3.8) is 0 Å². The summed E-state index contributed by atoms with van der Waals surface area (Å²) >= 11 is 4.88. The number of ether oxygens (including phenoxy) is 1. The first-order valence-corrected chi connectivity index (χ1v) is 5.65. The van der Waals surface area contributed by atoms with Crippen LogP contribution in [0.2, 0.25) is 0 Å². The van der Waals surface area contributed by atoms with Gasteiger partial charge in [0.25, 0.3) is 0 Å². The lowest BCUT2D eigenvalue weighted by atomic mass is 10.2. The van der Waals surface area contributed by atoms with Gasteiger partial charge in [0.05, 0.1) is 6.21 Å². The molecule has 0 saturated carbocycles. The maximum Gasteiger partial charge on any atom is 0.387 e. The van der Waals surface area contributed by atoms with Gasteiger partial charge in [0, 0.05) is 12.1 Å². The first-order chi connectivity index (χ1) is 8.63. The lowest BCUT2D eigenvalue weighted by Crippen LogP contribution is -2.31. The van der Waals surface area contributed by atoms with E-state index in [2.05, 4.69) is 20.6 Å². The first-order valence-electron chi connectivity index (χ1n) is 5.24. The van der Waals surface area contributed by atoms with E-state index in [9.17, 15) is 8.78 Å². The van der Waals surface area contributed by atoms with E-state index in [1.165, 1.54) is 12.3 Å². The highest BCUT2D eigenvalue weighted by molar-refractivity contribution is 7.80. The van der Waals surface area contributed by atoms with Gasteiger partial charge in [-0.3, -0.25) is 5.43 Å². The Labute approximate surface area is 109 Å². The van der Waals surface area contributed by atoms with Crippen molar-refractivity contribution in [2.45, 2.75) is 13.5 Å². The monoisotopic (exact) mass is 273 g/mol. The molecule has 1 rings (SSSR count). The standard InChI is InChI=1S/C11H13F2N3OS/c1-2-14-11(18)16-15-7-8-5-3-4-6-9(8)17-10(12)13/h3-7,10H,2H2,1H3,(H2,14,16,18)/b15-7-. The summed E-state index contributed by atoms with van der Waals surface area (Å²) in [5, 5.41) is 7.02. The van der Waals surface area contributed by atoms with E-state index < -0.39 is 6.61 Å². The van der Waals surface area contributed by atoms with Crippen molar-refractivity contribution in [3.8, 4) is 5.75 Å². The number of thiocarbonyl (C=S) groups is 1. The predicted molar refractivity (Wildman–Crippen MR) is 70.1 cm³/mol. The van der Waals surface area contributed by atoms with Crippen molar-refractivity contribution in [3.05, 3.63) is 29.8 Å². The molecule has 0 aliphatic carbocycles. The van der Waals surface area contributed by atoms with Gasteiger partial charge in [-0.15, -0.1) is 0 Å². The van der Waals surface area contributed by atoms with E-state index in [1.807, 2.05) is 6.92 Å². The number of hydrogen-bond donors (Lipinski definition) is 2. The normalized spacial score (nSPS) is 10.7. The average molecular weight is 273 g/mol. The van der Waals surface area contributed by atoms with Crippen molar-refractivity contribution in [1.82, 2.24) is 10.7 Å². The minimum Gasteiger partial charge on any atom is -0.434 e. The van der Waals surface area contributed by atoms with Gasteiger partial charge in [-0.05, 0) is 31.3 Å². The number of nitrogens with one attached hydrogen (secondary N) is 2. The van der Waals surface area contributed by atoms with Crippen molar-refractivity contribution in [2.24, 2.45) is 5.10 Å². The van der Waals surface area contributed by atoms with E-state index in [4.69, 9.17) is 12.2 Å². The van der Waals surface area contributed by atoms with Crippen LogP contribution in [0.25, 0.3) is 0 Å². The van der Waals surface area contributed by atoms with Crippen molar-refractivity contribution in [1.29, 1.82) is 0 Å². The zero-order chi connectivity index (χ0) is 13.4. The molecule has 0 aliphatic heterocycles. The predicted octanol–water partition coefficient (Wildman–Crippen LogP) is 2.11.